The fourth-order valence-corrected chi connectivity index (χ4v) is 1.90. The van der Waals surface area contributed by atoms with Crippen LogP contribution in [-0.2, 0) is 0 Å². The summed E-state index contributed by atoms with van der Waals surface area (Å²) in [5.41, 5.74) is 1.50. The Balaban J connectivity index is 3.03. The third kappa shape index (κ3) is 3.37. The van der Waals surface area contributed by atoms with Crippen molar-refractivity contribution >= 4 is 21.6 Å². The maximum absolute atomic E-state index is 8.97. The van der Waals surface area contributed by atoms with Crippen LogP contribution in [0.3, 0.4) is 0 Å². The second-order valence-electron chi connectivity index (χ2n) is 3.27. The van der Waals surface area contributed by atoms with Crippen LogP contribution in [0.5, 0.6) is 0 Å². The van der Waals surface area contributed by atoms with Gasteiger partial charge in [-0.15, -0.1) is 6.58 Å². The summed E-state index contributed by atoms with van der Waals surface area (Å²) in [6.07, 6.45) is 1.77. The van der Waals surface area contributed by atoms with Crippen molar-refractivity contribution in [3.05, 3.63) is 40.9 Å². The minimum absolute atomic E-state index is 0.0717. The minimum Gasteiger partial charge on any atom is -0.395 e. The molecule has 1 aromatic rings. The highest BCUT2D eigenvalue weighted by Crippen LogP contribution is 2.22. The number of rotatable bonds is 5. The molecule has 0 amide bonds. The van der Waals surface area contributed by atoms with Gasteiger partial charge in [-0.1, -0.05) is 22.0 Å². The fraction of sp³-hybridized carbons (Fsp3) is 0.250. The molecule has 84 valence electrons. The standard InChI is InChI=1S/C12H13BrN2O/c1-2-3-15(4-5-16)12-7-10(9-14)6-11(13)8-12/h2,6-8,16H,1,3-5H2. The second-order valence-corrected chi connectivity index (χ2v) is 4.18. The zero-order valence-corrected chi connectivity index (χ0v) is 10.4. The molecule has 0 unspecified atom stereocenters. The van der Waals surface area contributed by atoms with Gasteiger partial charge >= 0.3 is 0 Å². The summed E-state index contributed by atoms with van der Waals surface area (Å²) in [5.74, 6) is 0. The number of hydrogen-bond donors (Lipinski definition) is 1. The molecule has 0 spiro atoms. The third-order valence-corrected chi connectivity index (χ3v) is 2.55. The molecule has 4 heteroatoms. The van der Waals surface area contributed by atoms with Crippen molar-refractivity contribution in [2.45, 2.75) is 0 Å². The number of anilines is 1. The van der Waals surface area contributed by atoms with Crippen molar-refractivity contribution < 1.29 is 5.11 Å². The van der Waals surface area contributed by atoms with Gasteiger partial charge in [0.1, 0.15) is 0 Å². The maximum Gasteiger partial charge on any atom is 0.0992 e. The van der Waals surface area contributed by atoms with Crippen LogP contribution in [-0.4, -0.2) is 24.8 Å². The Bertz CT molecular complexity index is 412. The van der Waals surface area contributed by atoms with Crippen molar-refractivity contribution in [1.29, 1.82) is 5.26 Å². The smallest absolute Gasteiger partial charge is 0.0992 e. The molecule has 1 rings (SSSR count). The van der Waals surface area contributed by atoms with E-state index in [1.807, 2.05) is 11.0 Å². The predicted molar refractivity (Wildman–Crippen MR) is 68.4 cm³/mol. The number of aliphatic hydroxyl groups excluding tert-OH is 1. The summed E-state index contributed by atoms with van der Waals surface area (Å²) < 4.78 is 0.855. The van der Waals surface area contributed by atoms with Crippen molar-refractivity contribution in [3.63, 3.8) is 0 Å². The summed E-state index contributed by atoms with van der Waals surface area (Å²) in [6.45, 7) is 4.91. The molecule has 0 saturated heterocycles. The topological polar surface area (TPSA) is 47.3 Å². The highest BCUT2D eigenvalue weighted by Gasteiger charge is 2.06. The molecule has 0 aromatic heterocycles. The second kappa shape index (κ2) is 6.31. The van der Waals surface area contributed by atoms with Gasteiger partial charge in [-0.25, -0.2) is 0 Å². The van der Waals surface area contributed by atoms with Crippen LogP contribution in [0.4, 0.5) is 5.69 Å². The van der Waals surface area contributed by atoms with Crippen LogP contribution in [0.2, 0.25) is 0 Å². The van der Waals surface area contributed by atoms with Gasteiger partial charge in [0.2, 0.25) is 0 Å². The van der Waals surface area contributed by atoms with Gasteiger partial charge in [0.15, 0.2) is 0 Å². The van der Waals surface area contributed by atoms with E-state index < -0.39 is 0 Å². The van der Waals surface area contributed by atoms with Gasteiger partial charge < -0.3 is 10.0 Å². The predicted octanol–water partition coefficient (Wildman–Crippen LogP) is 2.31. The van der Waals surface area contributed by atoms with Crippen LogP contribution >= 0.6 is 15.9 Å². The van der Waals surface area contributed by atoms with Gasteiger partial charge in [0, 0.05) is 23.2 Å². The summed E-state index contributed by atoms with van der Waals surface area (Å²) in [7, 11) is 0. The van der Waals surface area contributed by atoms with Crippen LogP contribution in [0.1, 0.15) is 5.56 Å². The van der Waals surface area contributed by atoms with Crippen molar-refractivity contribution in [1.82, 2.24) is 0 Å². The molecule has 0 aliphatic heterocycles. The van der Waals surface area contributed by atoms with Crippen LogP contribution < -0.4 is 4.90 Å². The zero-order valence-electron chi connectivity index (χ0n) is 8.86. The molecule has 3 nitrogen and oxygen atoms in total. The zero-order chi connectivity index (χ0) is 12.0. The number of benzene rings is 1. The molecule has 0 aliphatic rings. The molecule has 1 aromatic carbocycles. The Morgan fingerprint density at radius 1 is 1.50 bits per heavy atom. The van der Waals surface area contributed by atoms with Gasteiger partial charge in [-0.2, -0.15) is 5.26 Å². The third-order valence-electron chi connectivity index (χ3n) is 2.10. The van der Waals surface area contributed by atoms with Gasteiger partial charge in [0.25, 0.3) is 0 Å². The van der Waals surface area contributed by atoms with E-state index in [0.717, 1.165) is 10.2 Å². The van der Waals surface area contributed by atoms with Crippen LogP contribution in [0, 0.1) is 11.3 Å². The number of hydrogen-bond acceptors (Lipinski definition) is 3. The Morgan fingerprint density at radius 2 is 2.25 bits per heavy atom. The monoisotopic (exact) mass is 280 g/mol. The average Bonchev–Trinajstić information content (AvgIpc) is 2.28. The molecule has 0 bridgehead atoms. The lowest BCUT2D eigenvalue weighted by atomic mass is 10.2. The largest absolute Gasteiger partial charge is 0.395 e. The number of nitriles is 1. The summed E-state index contributed by atoms with van der Waals surface area (Å²) in [4.78, 5) is 1.96. The summed E-state index contributed by atoms with van der Waals surface area (Å²) in [6, 6.07) is 7.57. The number of halogens is 1. The molecule has 0 radical (unpaired) electrons. The van der Waals surface area contributed by atoms with E-state index in [-0.39, 0.29) is 6.61 Å². The molecule has 0 saturated carbocycles. The molecular formula is C12H13BrN2O. The Morgan fingerprint density at radius 3 is 2.81 bits per heavy atom. The van der Waals surface area contributed by atoms with E-state index >= 15 is 0 Å². The summed E-state index contributed by atoms with van der Waals surface area (Å²) in [5, 5.41) is 17.8. The molecule has 0 heterocycles. The van der Waals surface area contributed by atoms with E-state index in [1.165, 1.54) is 0 Å². The normalized spacial score (nSPS) is 9.56. The molecule has 0 atom stereocenters. The van der Waals surface area contributed by atoms with E-state index in [2.05, 4.69) is 28.6 Å². The molecular weight excluding hydrogens is 268 g/mol. The van der Waals surface area contributed by atoms with E-state index in [4.69, 9.17) is 10.4 Å². The maximum atomic E-state index is 8.97. The minimum atomic E-state index is 0.0717. The highest BCUT2D eigenvalue weighted by molar-refractivity contribution is 9.10. The lowest BCUT2D eigenvalue weighted by molar-refractivity contribution is 0.303. The number of aliphatic hydroxyl groups is 1. The molecule has 1 N–H and O–H groups in total. The first kappa shape index (κ1) is 12.8. The Kier molecular flexibility index (Phi) is 5.03. The Labute approximate surface area is 104 Å². The Hall–Kier alpha value is -1.31. The van der Waals surface area contributed by atoms with Gasteiger partial charge in [0.05, 0.1) is 18.2 Å². The van der Waals surface area contributed by atoms with Crippen LogP contribution in [0.15, 0.2) is 35.3 Å². The van der Waals surface area contributed by atoms with E-state index in [1.54, 1.807) is 18.2 Å². The van der Waals surface area contributed by atoms with Crippen LogP contribution in [0.25, 0.3) is 0 Å². The molecule has 0 fully saturated rings. The first-order valence-electron chi connectivity index (χ1n) is 4.88. The number of nitrogens with zero attached hydrogens (tertiary/aromatic N) is 2. The molecule has 16 heavy (non-hydrogen) atoms. The van der Waals surface area contributed by atoms with Crippen molar-refractivity contribution in [2.75, 3.05) is 24.6 Å². The van der Waals surface area contributed by atoms with Gasteiger partial charge in [-0.05, 0) is 18.2 Å². The summed E-state index contributed by atoms with van der Waals surface area (Å²) >= 11 is 3.36. The van der Waals surface area contributed by atoms with Crippen molar-refractivity contribution in [2.24, 2.45) is 0 Å². The lowest BCUT2D eigenvalue weighted by Gasteiger charge is -2.22. The van der Waals surface area contributed by atoms with E-state index in [0.29, 0.717) is 18.7 Å². The average molecular weight is 281 g/mol. The fourth-order valence-electron chi connectivity index (χ4n) is 1.42. The quantitative estimate of drug-likeness (QED) is 0.842. The first-order valence-corrected chi connectivity index (χ1v) is 5.68. The van der Waals surface area contributed by atoms with E-state index in [9.17, 15) is 0 Å². The molecule has 0 aliphatic carbocycles. The first-order chi connectivity index (χ1) is 7.71. The lowest BCUT2D eigenvalue weighted by Crippen LogP contribution is -2.26. The SMILES string of the molecule is C=CCN(CCO)c1cc(Br)cc(C#N)c1. The van der Waals surface area contributed by atoms with Crippen molar-refractivity contribution in [3.8, 4) is 6.07 Å². The highest BCUT2D eigenvalue weighted by atomic mass is 79.9. The van der Waals surface area contributed by atoms with Gasteiger partial charge in [-0.3, -0.25) is 0 Å².